The predicted octanol–water partition coefficient (Wildman–Crippen LogP) is 2.14. The molecule has 1 aromatic heterocycles. The molecule has 1 heterocycles. The predicted molar refractivity (Wildman–Crippen MR) is 76.4 cm³/mol. The van der Waals surface area contributed by atoms with Crippen LogP contribution in [-0.2, 0) is 13.0 Å². The summed E-state index contributed by atoms with van der Waals surface area (Å²) in [6, 6.07) is 6.35. The molecule has 102 valence electrons. The van der Waals surface area contributed by atoms with Crippen molar-refractivity contribution >= 4 is 0 Å². The summed E-state index contributed by atoms with van der Waals surface area (Å²) >= 11 is 0. The van der Waals surface area contributed by atoms with Gasteiger partial charge in [-0.15, -0.1) is 0 Å². The van der Waals surface area contributed by atoms with Crippen LogP contribution in [0.15, 0.2) is 30.6 Å². The molecule has 0 spiro atoms. The third-order valence-corrected chi connectivity index (χ3v) is 3.28. The maximum atomic E-state index is 5.56. The molecule has 4 nitrogen and oxygen atoms in total. The van der Waals surface area contributed by atoms with E-state index in [1.54, 1.807) is 7.11 Å². The first-order valence-electron chi connectivity index (χ1n) is 6.58. The van der Waals surface area contributed by atoms with Gasteiger partial charge in [0.15, 0.2) is 0 Å². The smallest absolute Gasteiger partial charge is 0.123 e. The lowest BCUT2D eigenvalue weighted by Crippen LogP contribution is -2.05. The van der Waals surface area contributed by atoms with Crippen LogP contribution in [0.25, 0.3) is 0 Å². The summed E-state index contributed by atoms with van der Waals surface area (Å²) in [5.41, 5.74) is 8.05. The molecule has 0 amide bonds. The maximum Gasteiger partial charge on any atom is 0.123 e. The number of hydrogen-bond acceptors (Lipinski definition) is 3. The molecule has 0 atom stereocenters. The molecule has 0 radical (unpaired) electrons. The minimum atomic E-state index is 0.724. The Morgan fingerprint density at radius 1 is 1.37 bits per heavy atom. The number of imidazole rings is 1. The molecular formula is C15H21N3O. The number of aromatic nitrogens is 2. The summed E-state index contributed by atoms with van der Waals surface area (Å²) in [5, 5.41) is 0. The van der Waals surface area contributed by atoms with Crippen LogP contribution in [0.5, 0.6) is 5.75 Å². The average molecular weight is 259 g/mol. The number of hydrogen-bond donors (Lipinski definition) is 1. The Hall–Kier alpha value is -1.81. The van der Waals surface area contributed by atoms with Gasteiger partial charge in [0.05, 0.1) is 13.7 Å². The largest absolute Gasteiger partial charge is 0.496 e. The monoisotopic (exact) mass is 259 g/mol. The van der Waals surface area contributed by atoms with Crippen molar-refractivity contribution in [2.75, 3.05) is 13.7 Å². The fourth-order valence-corrected chi connectivity index (χ4v) is 2.17. The van der Waals surface area contributed by atoms with E-state index in [4.69, 9.17) is 10.5 Å². The summed E-state index contributed by atoms with van der Waals surface area (Å²) in [6.07, 6.45) is 5.83. The highest BCUT2D eigenvalue weighted by molar-refractivity contribution is 5.37. The van der Waals surface area contributed by atoms with Crippen molar-refractivity contribution < 1.29 is 4.74 Å². The lowest BCUT2D eigenvalue weighted by molar-refractivity contribution is 0.408. The van der Waals surface area contributed by atoms with Crippen LogP contribution in [0, 0.1) is 6.92 Å². The van der Waals surface area contributed by atoms with Gasteiger partial charge in [-0.2, -0.15) is 0 Å². The number of ether oxygens (including phenoxy) is 1. The highest BCUT2D eigenvalue weighted by Gasteiger charge is 2.07. The van der Waals surface area contributed by atoms with Crippen LogP contribution in [0.1, 0.15) is 23.4 Å². The fraction of sp³-hybridized carbons (Fsp3) is 0.400. The van der Waals surface area contributed by atoms with Gasteiger partial charge in [-0.3, -0.25) is 0 Å². The minimum Gasteiger partial charge on any atom is -0.496 e. The van der Waals surface area contributed by atoms with E-state index in [0.717, 1.165) is 37.5 Å². The van der Waals surface area contributed by atoms with Crippen molar-refractivity contribution in [3.8, 4) is 5.75 Å². The van der Waals surface area contributed by atoms with Crippen LogP contribution in [-0.4, -0.2) is 23.2 Å². The number of benzene rings is 1. The molecule has 19 heavy (non-hydrogen) atoms. The van der Waals surface area contributed by atoms with Gasteiger partial charge in [-0.05, 0) is 37.9 Å². The molecule has 2 rings (SSSR count). The van der Waals surface area contributed by atoms with Gasteiger partial charge < -0.3 is 15.0 Å². The van der Waals surface area contributed by atoms with Crippen molar-refractivity contribution in [1.82, 2.24) is 9.55 Å². The SMILES string of the molecule is COc1ccc(CCCN)cc1Cn1ccnc1C. The third kappa shape index (κ3) is 3.35. The van der Waals surface area contributed by atoms with E-state index in [9.17, 15) is 0 Å². The normalized spacial score (nSPS) is 10.7. The zero-order valence-electron chi connectivity index (χ0n) is 11.6. The molecule has 0 aliphatic heterocycles. The Morgan fingerprint density at radius 2 is 2.21 bits per heavy atom. The summed E-state index contributed by atoms with van der Waals surface area (Å²) in [5.74, 6) is 1.93. The van der Waals surface area contributed by atoms with E-state index in [0.29, 0.717) is 0 Å². The van der Waals surface area contributed by atoms with E-state index in [-0.39, 0.29) is 0 Å². The van der Waals surface area contributed by atoms with Gasteiger partial charge in [0, 0.05) is 18.0 Å². The van der Waals surface area contributed by atoms with Gasteiger partial charge in [0.25, 0.3) is 0 Å². The Bertz CT molecular complexity index is 534. The van der Waals surface area contributed by atoms with Crippen LogP contribution >= 0.6 is 0 Å². The molecule has 0 unspecified atom stereocenters. The first-order valence-corrected chi connectivity index (χ1v) is 6.58. The first-order chi connectivity index (χ1) is 9.24. The molecular weight excluding hydrogens is 238 g/mol. The van der Waals surface area contributed by atoms with E-state index in [1.165, 1.54) is 11.1 Å². The molecule has 2 aromatic rings. The molecule has 0 saturated carbocycles. The molecule has 2 N–H and O–H groups in total. The second-order valence-electron chi connectivity index (χ2n) is 4.64. The van der Waals surface area contributed by atoms with E-state index >= 15 is 0 Å². The van der Waals surface area contributed by atoms with Crippen molar-refractivity contribution in [3.63, 3.8) is 0 Å². The molecule has 4 heteroatoms. The van der Waals surface area contributed by atoms with Crippen molar-refractivity contribution in [1.29, 1.82) is 0 Å². The van der Waals surface area contributed by atoms with Gasteiger partial charge >= 0.3 is 0 Å². The zero-order valence-corrected chi connectivity index (χ0v) is 11.6. The summed E-state index contributed by atoms with van der Waals surface area (Å²) in [6.45, 7) is 3.51. The number of rotatable bonds is 6. The van der Waals surface area contributed by atoms with Crippen molar-refractivity contribution in [2.24, 2.45) is 5.73 Å². The number of nitrogens with zero attached hydrogens (tertiary/aromatic N) is 2. The second kappa shape index (κ2) is 6.38. The second-order valence-corrected chi connectivity index (χ2v) is 4.64. The number of nitrogens with two attached hydrogens (primary N) is 1. The van der Waals surface area contributed by atoms with Gasteiger partial charge in [-0.1, -0.05) is 12.1 Å². The Labute approximate surface area is 114 Å². The Morgan fingerprint density at radius 3 is 2.84 bits per heavy atom. The highest BCUT2D eigenvalue weighted by atomic mass is 16.5. The molecule has 1 aromatic carbocycles. The Balaban J connectivity index is 2.23. The number of aryl methyl sites for hydroxylation is 2. The quantitative estimate of drug-likeness (QED) is 0.864. The van der Waals surface area contributed by atoms with E-state index in [1.807, 2.05) is 25.4 Å². The Kier molecular flexibility index (Phi) is 4.58. The molecule has 0 bridgehead atoms. The van der Waals surface area contributed by atoms with Gasteiger partial charge in [0.1, 0.15) is 11.6 Å². The van der Waals surface area contributed by atoms with E-state index < -0.39 is 0 Å². The molecule has 0 aliphatic carbocycles. The maximum absolute atomic E-state index is 5.56. The topological polar surface area (TPSA) is 53.1 Å². The summed E-state index contributed by atoms with van der Waals surface area (Å²) in [4.78, 5) is 4.25. The summed E-state index contributed by atoms with van der Waals surface area (Å²) in [7, 11) is 1.71. The standard InChI is InChI=1S/C15H21N3O/c1-12-17-8-9-18(12)11-14-10-13(4-3-7-16)5-6-15(14)19-2/h5-6,8-10H,3-4,7,11,16H2,1-2H3. The average Bonchev–Trinajstić information content (AvgIpc) is 2.82. The van der Waals surface area contributed by atoms with Crippen LogP contribution in [0.4, 0.5) is 0 Å². The van der Waals surface area contributed by atoms with Gasteiger partial charge in [0.2, 0.25) is 0 Å². The highest BCUT2D eigenvalue weighted by Crippen LogP contribution is 2.22. The van der Waals surface area contributed by atoms with Crippen molar-refractivity contribution in [3.05, 3.63) is 47.5 Å². The van der Waals surface area contributed by atoms with Gasteiger partial charge in [-0.25, -0.2) is 4.98 Å². The van der Waals surface area contributed by atoms with Crippen LogP contribution in [0.3, 0.4) is 0 Å². The summed E-state index contributed by atoms with van der Waals surface area (Å²) < 4.78 is 7.55. The van der Waals surface area contributed by atoms with Crippen LogP contribution < -0.4 is 10.5 Å². The third-order valence-electron chi connectivity index (χ3n) is 3.28. The lowest BCUT2D eigenvalue weighted by atomic mass is 10.1. The van der Waals surface area contributed by atoms with Crippen molar-refractivity contribution in [2.45, 2.75) is 26.3 Å². The van der Waals surface area contributed by atoms with Crippen LogP contribution in [0.2, 0.25) is 0 Å². The zero-order chi connectivity index (χ0) is 13.7. The molecule has 0 aliphatic rings. The fourth-order valence-electron chi connectivity index (χ4n) is 2.17. The minimum absolute atomic E-state index is 0.724. The first kappa shape index (κ1) is 13.6. The molecule has 0 fully saturated rings. The van der Waals surface area contributed by atoms with E-state index in [2.05, 4.69) is 21.7 Å². The lowest BCUT2D eigenvalue weighted by Gasteiger charge is -2.12. The number of methoxy groups -OCH3 is 1. The molecule has 0 saturated heterocycles.